The highest BCUT2D eigenvalue weighted by Gasteiger charge is 2.35. The molecule has 1 N–H and O–H groups in total. The fourth-order valence-electron chi connectivity index (χ4n) is 3.87. The van der Waals surface area contributed by atoms with Gasteiger partial charge in [-0.3, -0.25) is 9.59 Å². The zero-order chi connectivity index (χ0) is 23.8. The summed E-state index contributed by atoms with van der Waals surface area (Å²) in [4.78, 5) is 27.0. The van der Waals surface area contributed by atoms with Crippen molar-refractivity contribution < 1.29 is 18.0 Å². The summed E-state index contributed by atoms with van der Waals surface area (Å²) in [5, 5.41) is 2.83. The number of hydrogen-bond acceptors (Lipinski definition) is 4. The first-order valence-electron chi connectivity index (χ1n) is 11.6. The van der Waals surface area contributed by atoms with E-state index in [0.717, 1.165) is 31.4 Å². The van der Waals surface area contributed by atoms with Gasteiger partial charge in [0.15, 0.2) is 0 Å². The zero-order valence-corrected chi connectivity index (χ0v) is 20.2. The number of nitrogens with one attached hydrogen (secondary N) is 1. The molecular formula is C25H33N3O4S. The molecule has 3 rings (SSSR count). The molecule has 2 aromatic rings. The summed E-state index contributed by atoms with van der Waals surface area (Å²) in [6.45, 7) is 5.42. The Morgan fingerprint density at radius 3 is 2.18 bits per heavy atom. The van der Waals surface area contributed by atoms with Gasteiger partial charge in [0.1, 0.15) is 0 Å². The summed E-state index contributed by atoms with van der Waals surface area (Å²) < 4.78 is 27.7. The van der Waals surface area contributed by atoms with Crippen LogP contribution >= 0.6 is 0 Å². The lowest BCUT2D eigenvalue weighted by molar-refractivity contribution is -0.122. The van der Waals surface area contributed by atoms with Crippen LogP contribution in [0.2, 0.25) is 0 Å². The van der Waals surface area contributed by atoms with Gasteiger partial charge in [0.25, 0.3) is 0 Å². The summed E-state index contributed by atoms with van der Waals surface area (Å²) in [6, 6.07) is 15.6. The van der Waals surface area contributed by atoms with Crippen LogP contribution in [-0.4, -0.2) is 44.2 Å². The normalized spacial score (nSPS) is 16.4. The average Bonchev–Trinajstić information content (AvgIpc) is 3.21. The molecule has 1 atom stereocenters. The van der Waals surface area contributed by atoms with Crippen LogP contribution in [0.25, 0.3) is 0 Å². The van der Waals surface area contributed by atoms with E-state index in [2.05, 4.69) is 5.32 Å². The van der Waals surface area contributed by atoms with Gasteiger partial charge in [-0.1, -0.05) is 44.9 Å². The van der Waals surface area contributed by atoms with Crippen molar-refractivity contribution in [3.05, 3.63) is 54.6 Å². The second-order valence-electron chi connectivity index (χ2n) is 8.37. The minimum atomic E-state index is -3.58. The number of anilines is 2. The molecule has 0 radical (unpaired) electrons. The van der Waals surface area contributed by atoms with Crippen LogP contribution in [0.4, 0.5) is 11.4 Å². The lowest BCUT2D eigenvalue weighted by Crippen LogP contribution is -2.33. The lowest BCUT2D eigenvalue weighted by atomic mass is 10.1. The maximum Gasteiger partial charge on any atom is 0.243 e. The highest BCUT2D eigenvalue weighted by atomic mass is 32.2. The summed E-state index contributed by atoms with van der Waals surface area (Å²) in [7, 11) is -3.58. The number of unbranched alkanes of at least 4 members (excludes halogenated alkanes) is 2. The Kier molecular flexibility index (Phi) is 8.63. The number of benzene rings is 2. The molecule has 0 spiro atoms. The minimum absolute atomic E-state index is 0.0814. The van der Waals surface area contributed by atoms with Crippen molar-refractivity contribution in [3.63, 3.8) is 0 Å². The molecule has 33 heavy (non-hydrogen) atoms. The molecule has 178 valence electrons. The zero-order valence-electron chi connectivity index (χ0n) is 19.4. The second-order valence-corrected chi connectivity index (χ2v) is 10.3. The van der Waals surface area contributed by atoms with E-state index < -0.39 is 15.9 Å². The van der Waals surface area contributed by atoms with E-state index in [4.69, 9.17) is 0 Å². The molecule has 8 heteroatoms. The van der Waals surface area contributed by atoms with E-state index in [0.29, 0.717) is 25.3 Å². The Hall–Kier alpha value is -2.71. The van der Waals surface area contributed by atoms with Gasteiger partial charge < -0.3 is 10.2 Å². The van der Waals surface area contributed by atoms with Crippen molar-refractivity contribution in [1.82, 2.24) is 4.31 Å². The number of carbonyl (C=O) groups excluding carboxylic acids is 2. The van der Waals surface area contributed by atoms with Crippen molar-refractivity contribution >= 4 is 33.2 Å². The Morgan fingerprint density at radius 2 is 1.61 bits per heavy atom. The van der Waals surface area contributed by atoms with Gasteiger partial charge in [-0.15, -0.1) is 0 Å². The van der Waals surface area contributed by atoms with Gasteiger partial charge in [-0.2, -0.15) is 4.31 Å². The van der Waals surface area contributed by atoms with Crippen molar-refractivity contribution in [2.75, 3.05) is 29.9 Å². The molecular weight excluding hydrogens is 438 g/mol. The van der Waals surface area contributed by atoms with Gasteiger partial charge in [-0.25, -0.2) is 8.42 Å². The Bertz CT molecular complexity index is 1030. The predicted octanol–water partition coefficient (Wildman–Crippen LogP) is 4.27. The first kappa shape index (κ1) is 24.9. The second kappa shape index (κ2) is 11.4. The number of carbonyl (C=O) groups is 2. The van der Waals surface area contributed by atoms with E-state index in [-0.39, 0.29) is 23.1 Å². The van der Waals surface area contributed by atoms with Crippen molar-refractivity contribution in [3.8, 4) is 0 Å². The molecule has 7 nitrogen and oxygen atoms in total. The van der Waals surface area contributed by atoms with Crippen LogP contribution < -0.4 is 10.2 Å². The Labute approximate surface area is 196 Å². The molecule has 1 unspecified atom stereocenters. The molecule has 1 aliphatic rings. The molecule has 0 bridgehead atoms. The number of nitrogens with zero attached hydrogens (tertiary/aromatic N) is 2. The van der Waals surface area contributed by atoms with Gasteiger partial charge in [-0.05, 0) is 49.2 Å². The number of hydrogen-bond donors (Lipinski definition) is 1. The quantitative estimate of drug-likeness (QED) is 0.530. The third-order valence-electron chi connectivity index (χ3n) is 5.85. The average molecular weight is 472 g/mol. The van der Waals surface area contributed by atoms with E-state index in [1.54, 1.807) is 21.3 Å². The molecule has 0 aromatic heterocycles. The lowest BCUT2D eigenvalue weighted by Gasteiger charge is -2.22. The van der Waals surface area contributed by atoms with E-state index in [9.17, 15) is 18.0 Å². The minimum Gasteiger partial charge on any atom is -0.326 e. The SMILES string of the molecule is CCCCN(CCCC)S(=O)(=O)c1ccc(NC(=O)C2CC(=O)N(c3ccccc3)C2)cc1. The summed E-state index contributed by atoms with van der Waals surface area (Å²) in [5.41, 5.74) is 1.29. The summed E-state index contributed by atoms with van der Waals surface area (Å²) in [5.74, 6) is -0.786. The molecule has 1 saturated heterocycles. The third-order valence-corrected chi connectivity index (χ3v) is 7.76. The van der Waals surface area contributed by atoms with Gasteiger partial charge in [0, 0.05) is 37.4 Å². The topological polar surface area (TPSA) is 86.8 Å². The van der Waals surface area contributed by atoms with Crippen LogP contribution in [0.15, 0.2) is 59.5 Å². The molecule has 1 aliphatic heterocycles. The van der Waals surface area contributed by atoms with E-state index in [1.165, 1.54) is 12.1 Å². The van der Waals surface area contributed by atoms with Crippen LogP contribution in [0.3, 0.4) is 0 Å². The largest absolute Gasteiger partial charge is 0.326 e. The molecule has 2 amide bonds. The predicted molar refractivity (Wildman–Crippen MR) is 131 cm³/mol. The van der Waals surface area contributed by atoms with Crippen molar-refractivity contribution in [1.29, 1.82) is 0 Å². The summed E-state index contributed by atoms with van der Waals surface area (Å²) in [6.07, 6.45) is 3.63. The van der Waals surface area contributed by atoms with Crippen LogP contribution in [0.5, 0.6) is 0 Å². The standard InChI is InChI=1S/C25H33N3O4S/c1-3-5-16-27(17-6-4-2)33(31,32)23-14-12-21(13-15-23)26-25(30)20-18-24(29)28(19-20)22-10-8-7-9-11-22/h7-15,20H,3-6,16-19H2,1-2H3,(H,26,30). The molecule has 1 fully saturated rings. The van der Waals surface area contributed by atoms with Crippen LogP contribution in [0.1, 0.15) is 46.0 Å². The van der Waals surface area contributed by atoms with Gasteiger partial charge in [0.2, 0.25) is 21.8 Å². The molecule has 1 heterocycles. The van der Waals surface area contributed by atoms with Gasteiger partial charge in [0.05, 0.1) is 10.8 Å². The molecule has 2 aromatic carbocycles. The van der Waals surface area contributed by atoms with Crippen LogP contribution in [-0.2, 0) is 19.6 Å². The fraction of sp³-hybridized carbons (Fsp3) is 0.440. The van der Waals surface area contributed by atoms with Crippen molar-refractivity contribution in [2.24, 2.45) is 5.92 Å². The number of sulfonamides is 1. The molecule has 0 aliphatic carbocycles. The van der Waals surface area contributed by atoms with Crippen molar-refractivity contribution in [2.45, 2.75) is 50.8 Å². The highest BCUT2D eigenvalue weighted by molar-refractivity contribution is 7.89. The maximum atomic E-state index is 13.1. The summed E-state index contributed by atoms with van der Waals surface area (Å²) >= 11 is 0. The fourth-order valence-corrected chi connectivity index (χ4v) is 5.38. The van der Waals surface area contributed by atoms with E-state index >= 15 is 0 Å². The Balaban J connectivity index is 1.65. The smallest absolute Gasteiger partial charge is 0.243 e. The maximum absolute atomic E-state index is 13.1. The van der Waals surface area contributed by atoms with Gasteiger partial charge >= 0.3 is 0 Å². The van der Waals surface area contributed by atoms with Crippen LogP contribution in [0, 0.1) is 5.92 Å². The first-order chi connectivity index (χ1) is 15.9. The number of amides is 2. The molecule has 0 saturated carbocycles. The Morgan fingerprint density at radius 1 is 1.00 bits per heavy atom. The highest BCUT2D eigenvalue weighted by Crippen LogP contribution is 2.26. The number of para-hydroxylation sites is 1. The number of rotatable bonds is 11. The first-order valence-corrected chi connectivity index (χ1v) is 13.1. The van der Waals surface area contributed by atoms with E-state index in [1.807, 2.05) is 44.2 Å². The third kappa shape index (κ3) is 6.21. The monoisotopic (exact) mass is 471 g/mol.